The van der Waals surface area contributed by atoms with E-state index in [2.05, 4.69) is 5.10 Å². The van der Waals surface area contributed by atoms with E-state index in [1.165, 1.54) is 0 Å². The van der Waals surface area contributed by atoms with Crippen LogP contribution in [0.25, 0.3) is 6.08 Å². The zero-order chi connectivity index (χ0) is 23.8. The molecule has 2 aliphatic rings. The molecule has 1 amide bonds. The van der Waals surface area contributed by atoms with Gasteiger partial charge in [0, 0.05) is 5.92 Å². The van der Waals surface area contributed by atoms with Crippen LogP contribution in [0.1, 0.15) is 46.8 Å². The van der Waals surface area contributed by atoms with Gasteiger partial charge in [-0.2, -0.15) is 5.10 Å². The maximum Gasteiger partial charge on any atom is 0.277 e. The maximum absolute atomic E-state index is 14.5. The van der Waals surface area contributed by atoms with Gasteiger partial charge in [0.05, 0.1) is 17.3 Å². The monoisotopic (exact) mass is 464 g/mol. The van der Waals surface area contributed by atoms with Crippen LogP contribution in [0.15, 0.2) is 77.4 Å². The maximum atomic E-state index is 14.5. The number of allylic oxidation sites excluding steroid dienone is 1. The highest BCUT2D eigenvalue weighted by Gasteiger charge is 2.44. The number of rotatable bonds is 3. The summed E-state index contributed by atoms with van der Waals surface area (Å²) in [4.78, 5) is 13.4. The Labute approximate surface area is 194 Å². The first-order valence-corrected chi connectivity index (χ1v) is 11.0. The van der Waals surface area contributed by atoms with Crippen molar-refractivity contribution < 1.29 is 22.4 Å². The summed E-state index contributed by atoms with van der Waals surface area (Å²) < 4.78 is 55.8. The Morgan fingerprint density at radius 2 is 1.59 bits per heavy atom. The molecule has 0 bridgehead atoms. The Morgan fingerprint density at radius 1 is 0.912 bits per heavy atom. The molecule has 5 rings (SSSR count). The highest BCUT2D eigenvalue weighted by Crippen LogP contribution is 2.45. The fourth-order valence-electron chi connectivity index (χ4n) is 4.75. The Bertz CT molecular complexity index is 1310. The first-order chi connectivity index (χ1) is 16.5. The first kappa shape index (κ1) is 22.1. The number of carbonyl (C=O) groups is 1. The Hall–Kier alpha value is -3.74. The summed E-state index contributed by atoms with van der Waals surface area (Å²) in [6.07, 6.45) is 4.37. The topological polar surface area (TPSA) is 32.7 Å². The number of fused-ring (bicyclic) bond motifs is 1. The van der Waals surface area contributed by atoms with Gasteiger partial charge in [-0.1, -0.05) is 60.7 Å². The quantitative estimate of drug-likeness (QED) is 0.242. The molecule has 1 fully saturated rings. The minimum absolute atomic E-state index is 0.173. The lowest BCUT2D eigenvalue weighted by Crippen LogP contribution is -2.32. The van der Waals surface area contributed by atoms with Crippen LogP contribution in [-0.4, -0.2) is 16.6 Å². The van der Waals surface area contributed by atoms with Crippen molar-refractivity contribution in [3.05, 3.63) is 112 Å². The summed E-state index contributed by atoms with van der Waals surface area (Å²) in [5.74, 6) is -8.53. The molecule has 0 radical (unpaired) electrons. The van der Waals surface area contributed by atoms with Crippen molar-refractivity contribution in [1.29, 1.82) is 0 Å². The van der Waals surface area contributed by atoms with Crippen molar-refractivity contribution in [2.45, 2.75) is 25.3 Å². The smallest absolute Gasteiger partial charge is 0.267 e. The molecule has 0 unspecified atom stereocenters. The van der Waals surface area contributed by atoms with Gasteiger partial charge in [-0.25, -0.2) is 22.6 Å². The molecule has 0 N–H and O–H groups in total. The molecular weight excluding hydrogens is 444 g/mol. The zero-order valence-electron chi connectivity index (χ0n) is 18.0. The fourth-order valence-corrected chi connectivity index (χ4v) is 4.75. The van der Waals surface area contributed by atoms with E-state index in [-0.39, 0.29) is 5.92 Å². The van der Waals surface area contributed by atoms with Gasteiger partial charge in [-0.05, 0) is 48.1 Å². The van der Waals surface area contributed by atoms with E-state index in [1.54, 1.807) is 0 Å². The van der Waals surface area contributed by atoms with Crippen LogP contribution in [0, 0.1) is 29.2 Å². The summed E-state index contributed by atoms with van der Waals surface area (Å²) in [7, 11) is 0. The van der Waals surface area contributed by atoms with Crippen molar-refractivity contribution in [2.24, 2.45) is 11.0 Å². The average Bonchev–Trinajstić information content (AvgIpc) is 3.26. The standard InChI is InChI=1S/C27H20F4N2O/c28-21-15-20(22(29)24(31)23(21)30)27(34)33-26(17-10-5-2-6-11-17)19-13-7-12-18(25(19)32-33)14-16-8-3-1-4-9-16/h1-6,8-11,14-15,19,26H,7,12-13H2/b18-14-/t19-,26+/m1/s1. The minimum atomic E-state index is -2.02. The summed E-state index contributed by atoms with van der Waals surface area (Å²) in [5.41, 5.74) is 2.50. The molecule has 3 aromatic carbocycles. The Kier molecular flexibility index (Phi) is 5.77. The number of hydrazone groups is 1. The van der Waals surface area contributed by atoms with E-state index in [0.29, 0.717) is 11.8 Å². The largest absolute Gasteiger partial charge is 0.277 e. The second-order valence-corrected chi connectivity index (χ2v) is 8.42. The lowest BCUT2D eigenvalue weighted by atomic mass is 9.77. The van der Waals surface area contributed by atoms with Gasteiger partial charge in [0.15, 0.2) is 23.3 Å². The Balaban J connectivity index is 1.62. The summed E-state index contributed by atoms with van der Waals surface area (Å²) >= 11 is 0. The molecule has 0 saturated heterocycles. The molecule has 7 heteroatoms. The van der Waals surface area contributed by atoms with Gasteiger partial charge in [0.1, 0.15) is 0 Å². The van der Waals surface area contributed by atoms with Crippen LogP contribution < -0.4 is 0 Å². The minimum Gasteiger partial charge on any atom is -0.267 e. The van der Waals surface area contributed by atoms with Crippen LogP contribution in [0.2, 0.25) is 0 Å². The third kappa shape index (κ3) is 3.81. The van der Waals surface area contributed by atoms with Gasteiger partial charge in [0.25, 0.3) is 5.91 Å². The summed E-state index contributed by atoms with van der Waals surface area (Å²) in [6, 6.07) is 18.6. The molecule has 3 nitrogen and oxygen atoms in total. The van der Waals surface area contributed by atoms with Crippen LogP contribution in [-0.2, 0) is 0 Å². The molecule has 1 saturated carbocycles. The predicted molar refractivity (Wildman–Crippen MR) is 121 cm³/mol. The lowest BCUT2D eigenvalue weighted by Gasteiger charge is -2.29. The van der Waals surface area contributed by atoms with Crippen molar-refractivity contribution in [2.75, 3.05) is 0 Å². The average molecular weight is 464 g/mol. The van der Waals surface area contributed by atoms with Crippen molar-refractivity contribution in [1.82, 2.24) is 5.01 Å². The molecule has 1 heterocycles. The first-order valence-electron chi connectivity index (χ1n) is 11.0. The Morgan fingerprint density at radius 3 is 2.29 bits per heavy atom. The third-order valence-corrected chi connectivity index (χ3v) is 6.32. The summed E-state index contributed by atoms with van der Waals surface area (Å²) in [5, 5.41) is 5.66. The molecule has 2 atom stereocenters. The third-order valence-electron chi connectivity index (χ3n) is 6.32. The molecule has 0 aromatic heterocycles. The number of hydrogen-bond donors (Lipinski definition) is 0. The molecular formula is C27H20F4N2O. The number of amides is 1. The lowest BCUT2D eigenvalue weighted by molar-refractivity contribution is 0.0673. The van der Waals surface area contributed by atoms with E-state index >= 15 is 0 Å². The molecule has 172 valence electrons. The van der Waals surface area contributed by atoms with E-state index in [0.717, 1.165) is 41.0 Å². The molecule has 1 aliphatic heterocycles. The normalized spacial score (nSPS) is 20.9. The molecule has 34 heavy (non-hydrogen) atoms. The van der Waals surface area contributed by atoms with E-state index in [1.807, 2.05) is 66.7 Å². The number of hydrogen-bond acceptors (Lipinski definition) is 2. The number of nitrogens with zero attached hydrogens (tertiary/aromatic N) is 2. The van der Waals surface area contributed by atoms with Gasteiger partial charge in [-0.3, -0.25) is 4.79 Å². The number of benzene rings is 3. The van der Waals surface area contributed by atoms with Gasteiger partial charge >= 0.3 is 0 Å². The van der Waals surface area contributed by atoms with Crippen LogP contribution in [0.5, 0.6) is 0 Å². The van der Waals surface area contributed by atoms with Gasteiger partial charge < -0.3 is 0 Å². The predicted octanol–water partition coefficient (Wildman–Crippen LogP) is 6.68. The van der Waals surface area contributed by atoms with Crippen molar-refractivity contribution in [3.63, 3.8) is 0 Å². The zero-order valence-corrected chi connectivity index (χ0v) is 18.0. The van der Waals surface area contributed by atoms with Crippen LogP contribution in [0.3, 0.4) is 0 Å². The molecule has 1 aliphatic carbocycles. The summed E-state index contributed by atoms with van der Waals surface area (Å²) in [6.45, 7) is 0. The van der Waals surface area contributed by atoms with Crippen molar-refractivity contribution in [3.8, 4) is 0 Å². The highest BCUT2D eigenvalue weighted by molar-refractivity contribution is 6.09. The SMILES string of the molecule is O=C(c1cc(F)c(F)c(F)c1F)N1N=C2/C(=C\c3ccccc3)CCC[C@H]2[C@@H]1c1ccccc1. The number of carbonyl (C=O) groups excluding carboxylic acids is 1. The van der Waals surface area contributed by atoms with Gasteiger partial charge in [-0.15, -0.1) is 0 Å². The van der Waals surface area contributed by atoms with E-state index < -0.39 is 40.8 Å². The molecule has 3 aromatic rings. The van der Waals surface area contributed by atoms with E-state index in [4.69, 9.17) is 0 Å². The van der Waals surface area contributed by atoms with E-state index in [9.17, 15) is 22.4 Å². The van der Waals surface area contributed by atoms with Crippen LogP contribution in [0.4, 0.5) is 17.6 Å². The second kappa shape index (κ2) is 8.89. The fraction of sp³-hybridized carbons (Fsp3) is 0.185. The van der Waals surface area contributed by atoms with Crippen LogP contribution >= 0.6 is 0 Å². The van der Waals surface area contributed by atoms with Gasteiger partial charge in [0.2, 0.25) is 0 Å². The number of halogens is 4. The highest BCUT2D eigenvalue weighted by atomic mass is 19.2. The molecule has 0 spiro atoms. The second-order valence-electron chi connectivity index (χ2n) is 8.42. The van der Waals surface area contributed by atoms with Crippen molar-refractivity contribution >= 4 is 17.7 Å².